The molecule has 7 heteroatoms. The molecule has 114 valence electrons. The van der Waals surface area contributed by atoms with Crippen molar-refractivity contribution in [2.75, 3.05) is 0 Å². The summed E-state index contributed by atoms with van der Waals surface area (Å²) >= 11 is 0. The van der Waals surface area contributed by atoms with Gasteiger partial charge in [0.15, 0.2) is 0 Å². The molecule has 0 amide bonds. The molecule has 0 aliphatic carbocycles. The fourth-order valence-electron chi connectivity index (χ4n) is 0.408. The van der Waals surface area contributed by atoms with Crippen LogP contribution in [0, 0.1) is 0 Å². The maximum atomic E-state index is 7.99. The lowest BCUT2D eigenvalue weighted by Crippen LogP contribution is -1.86. The van der Waals surface area contributed by atoms with Crippen molar-refractivity contribution in [2.45, 2.75) is 47.1 Å². The van der Waals surface area contributed by atoms with Crippen molar-refractivity contribution in [1.82, 2.24) is 0 Å². The van der Waals surface area contributed by atoms with Crippen LogP contribution in [0.3, 0.4) is 0 Å². The normalized spacial score (nSPS) is 8.70. The van der Waals surface area contributed by atoms with Gasteiger partial charge in [-0.15, -0.1) is 0 Å². The Morgan fingerprint density at radius 2 is 1.10 bits per heavy atom. The van der Waals surface area contributed by atoms with Crippen LogP contribution in [0.1, 0.15) is 41.5 Å². The molecule has 0 spiro atoms. The molecular weight excluding hydrogens is 274 g/mol. The lowest BCUT2D eigenvalue weighted by Gasteiger charge is -1.96. The van der Waals surface area contributed by atoms with Crippen molar-refractivity contribution in [3.63, 3.8) is 0 Å². The quantitative estimate of drug-likeness (QED) is 0.299. The standard InChI is InChI=1S/C5H11NOSi.2C4H7NO/c1-4(3-6-7)5(2)8;2*1-4(2)3-5-6/h5,7H,1-2,8H3;2*6H,1-2H3. The third-order valence-electron chi connectivity index (χ3n) is 1.64. The number of hydrogen-bond acceptors (Lipinski definition) is 6. The van der Waals surface area contributed by atoms with E-state index >= 15 is 0 Å². The van der Waals surface area contributed by atoms with Gasteiger partial charge in [0.05, 0.1) is 0 Å². The molecule has 0 saturated carbocycles. The van der Waals surface area contributed by atoms with Gasteiger partial charge < -0.3 is 15.6 Å². The van der Waals surface area contributed by atoms with Crippen molar-refractivity contribution >= 4 is 27.9 Å². The summed E-state index contributed by atoms with van der Waals surface area (Å²) in [7, 11) is 1.10. The highest BCUT2D eigenvalue weighted by atomic mass is 28.1. The molecule has 0 aromatic heterocycles. The van der Waals surface area contributed by atoms with E-state index in [0.29, 0.717) is 5.54 Å². The molecule has 0 saturated heterocycles. The molecular formula is C13H25N3O3Si. The minimum absolute atomic E-state index is 0.561. The Kier molecular flexibility index (Phi) is 19.6. The van der Waals surface area contributed by atoms with Crippen LogP contribution in [0.4, 0.5) is 0 Å². The van der Waals surface area contributed by atoms with E-state index in [1.165, 1.54) is 0 Å². The molecule has 20 heavy (non-hydrogen) atoms. The highest BCUT2D eigenvalue weighted by Crippen LogP contribution is 2.05. The molecule has 1 atom stereocenters. The van der Waals surface area contributed by atoms with E-state index < -0.39 is 0 Å². The first kappa shape index (κ1) is 23.1. The average molecular weight is 299 g/mol. The monoisotopic (exact) mass is 299 g/mol. The Balaban J connectivity index is -0.000000221. The van der Waals surface area contributed by atoms with Gasteiger partial charge in [-0.3, -0.25) is 0 Å². The van der Waals surface area contributed by atoms with Crippen molar-refractivity contribution in [3.8, 4) is 0 Å². The second-order valence-corrected chi connectivity index (χ2v) is 6.21. The van der Waals surface area contributed by atoms with E-state index in [9.17, 15) is 0 Å². The zero-order valence-electron chi connectivity index (χ0n) is 13.3. The average Bonchev–Trinajstić information content (AvgIpc) is 2.30. The minimum Gasteiger partial charge on any atom is -0.404 e. The number of nitrogens with zero attached hydrogens (tertiary/aromatic N) is 3. The van der Waals surface area contributed by atoms with Crippen LogP contribution < -0.4 is 0 Å². The van der Waals surface area contributed by atoms with Crippen LogP contribution in [0.5, 0.6) is 0 Å². The summed E-state index contributed by atoms with van der Waals surface area (Å²) in [5.74, 6) is 7.09. The topological polar surface area (TPSA) is 97.8 Å². The zero-order chi connectivity index (χ0) is 16.6. The van der Waals surface area contributed by atoms with E-state index in [-0.39, 0.29) is 0 Å². The predicted molar refractivity (Wildman–Crippen MR) is 85.9 cm³/mol. The van der Waals surface area contributed by atoms with E-state index in [4.69, 9.17) is 15.6 Å². The summed E-state index contributed by atoms with van der Waals surface area (Å²) in [5, 5.41) is 31.5. The first-order chi connectivity index (χ1) is 9.22. The number of hydrogen-bond donors (Lipinski definition) is 3. The Hall–Kier alpha value is -2.03. The van der Waals surface area contributed by atoms with Crippen molar-refractivity contribution in [2.24, 2.45) is 15.5 Å². The van der Waals surface area contributed by atoms with Gasteiger partial charge >= 0.3 is 0 Å². The lowest BCUT2D eigenvalue weighted by molar-refractivity contribution is 0.322. The molecule has 0 aromatic rings. The second kappa shape index (κ2) is 17.0. The molecule has 0 fully saturated rings. The Labute approximate surface area is 123 Å². The molecule has 6 nitrogen and oxygen atoms in total. The molecule has 0 heterocycles. The van der Waals surface area contributed by atoms with E-state index in [1.54, 1.807) is 27.7 Å². The zero-order valence-corrected chi connectivity index (χ0v) is 15.3. The van der Waals surface area contributed by atoms with Gasteiger partial charge in [0, 0.05) is 27.9 Å². The largest absolute Gasteiger partial charge is 0.404 e. The van der Waals surface area contributed by atoms with Crippen LogP contribution in [0.25, 0.3) is 0 Å². The molecule has 0 rings (SSSR count). The smallest absolute Gasteiger partial charge is 0.0270 e. The van der Waals surface area contributed by atoms with E-state index in [0.717, 1.165) is 27.0 Å². The number of allylic oxidation sites excluding steroid dienone is 3. The maximum absolute atomic E-state index is 7.99. The van der Waals surface area contributed by atoms with Gasteiger partial charge in [0.2, 0.25) is 0 Å². The predicted octanol–water partition coefficient (Wildman–Crippen LogP) is 2.19. The molecule has 0 bridgehead atoms. The van der Waals surface area contributed by atoms with Gasteiger partial charge in [-0.05, 0) is 72.3 Å². The Morgan fingerprint density at radius 1 is 0.800 bits per heavy atom. The third-order valence-corrected chi connectivity index (χ3v) is 2.51. The van der Waals surface area contributed by atoms with E-state index in [1.807, 2.05) is 6.92 Å². The fraction of sp³-hybridized carbons (Fsp3) is 0.538. The SMILES string of the molecule is CC(=C=NO)C(C)[SiH3].CC(C)=C=NO.CC(C)=C=NO. The first-order valence-electron chi connectivity index (χ1n) is 5.96. The minimum atomic E-state index is 0.561. The van der Waals surface area contributed by atoms with Gasteiger partial charge in [-0.1, -0.05) is 6.92 Å². The summed E-state index contributed by atoms with van der Waals surface area (Å²) in [6, 6.07) is 0. The summed E-state index contributed by atoms with van der Waals surface area (Å²) in [6.45, 7) is 11.2. The summed E-state index contributed by atoms with van der Waals surface area (Å²) in [6.07, 6.45) is 0. The fourth-order valence-corrected chi connectivity index (χ4v) is 0.537. The highest BCUT2D eigenvalue weighted by molar-refractivity contribution is 6.14. The molecule has 0 aromatic carbocycles. The molecule has 3 N–H and O–H groups in total. The Bertz CT molecular complexity index is 404. The molecule has 1 unspecified atom stereocenters. The number of rotatable bonds is 1. The second-order valence-electron chi connectivity index (χ2n) is 4.47. The molecule has 0 radical (unpaired) electrons. The van der Waals surface area contributed by atoms with Crippen LogP contribution in [-0.2, 0) is 0 Å². The highest BCUT2D eigenvalue weighted by Gasteiger charge is 1.92. The van der Waals surface area contributed by atoms with Crippen LogP contribution in [0.15, 0.2) is 32.2 Å². The van der Waals surface area contributed by atoms with Gasteiger partial charge in [-0.2, -0.15) is 0 Å². The van der Waals surface area contributed by atoms with E-state index in [2.05, 4.69) is 40.0 Å². The van der Waals surface area contributed by atoms with Gasteiger partial charge in [-0.25, -0.2) is 0 Å². The summed E-state index contributed by atoms with van der Waals surface area (Å²) in [4.78, 5) is 0. The van der Waals surface area contributed by atoms with Crippen LogP contribution in [0.2, 0.25) is 5.54 Å². The van der Waals surface area contributed by atoms with Crippen molar-refractivity contribution in [3.05, 3.63) is 16.7 Å². The Morgan fingerprint density at radius 3 is 1.15 bits per heavy atom. The van der Waals surface area contributed by atoms with Crippen LogP contribution >= 0.6 is 0 Å². The lowest BCUT2D eigenvalue weighted by atomic mass is 10.3. The van der Waals surface area contributed by atoms with Gasteiger partial charge in [0.1, 0.15) is 0 Å². The third kappa shape index (κ3) is 29.7. The molecule has 0 aliphatic rings. The van der Waals surface area contributed by atoms with Crippen molar-refractivity contribution in [1.29, 1.82) is 0 Å². The first-order valence-corrected chi connectivity index (χ1v) is 7.12. The van der Waals surface area contributed by atoms with Crippen molar-refractivity contribution < 1.29 is 15.6 Å². The van der Waals surface area contributed by atoms with Crippen LogP contribution in [-0.4, -0.2) is 43.5 Å². The van der Waals surface area contributed by atoms with Gasteiger partial charge in [0.25, 0.3) is 0 Å². The molecule has 0 aliphatic heterocycles. The summed E-state index contributed by atoms with van der Waals surface area (Å²) in [5.41, 5.74) is 3.33. The summed E-state index contributed by atoms with van der Waals surface area (Å²) < 4.78 is 0. The maximum Gasteiger partial charge on any atom is 0.0270 e.